The van der Waals surface area contributed by atoms with E-state index in [2.05, 4.69) is 26.0 Å². The maximum Gasteiger partial charge on any atom is 0.147 e. The van der Waals surface area contributed by atoms with E-state index in [-0.39, 0.29) is 18.3 Å². The summed E-state index contributed by atoms with van der Waals surface area (Å²) < 4.78 is 28.3. The van der Waals surface area contributed by atoms with Gasteiger partial charge in [-0.3, -0.25) is 0 Å². The van der Waals surface area contributed by atoms with Gasteiger partial charge in [-0.15, -0.1) is 0 Å². The molecule has 4 aliphatic rings. The maximum atomic E-state index is 12.4. The summed E-state index contributed by atoms with van der Waals surface area (Å²) in [7, 11) is 3.28. The van der Waals surface area contributed by atoms with Crippen molar-refractivity contribution in [1.29, 1.82) is 0 Å². The minimum Gasteiger partial charge on any atom is -0.497 e. The lowest BCUT2D eigenvalue weighted by Gasteiger charge is -2.54. The Morgan fingerprint density at radius 3 is 2.52 bits per heavy atom. The monoisotopic (exact) mass is 456 g/mol. The topological polar surface area (TPSA) is 66.4 Å². The maximum absolute atomic E-state index is 12.4. The van der Waals surface area contributed by atoms with E-state index in [4.69, 9.17) is 23.7 Å². The first kappa shape index (κ1) is 22.9. The predicted molar refractivity (Wildman–Crippen MR) is 124 cm³/mol. The molecule has 2 saturated carbocycles. The molecule has 5 rings (SSSR count). The molecule has 0 unspecified atom stereocenters. The van der Waals surface area contributed by atoms with Crippen LogP contribution in [0.25, 0.3) is 0 Å². The Labute approximate surface area is 196 Å². The van der Waals surface area contributed by atoms with E-state index in [0.29, 0.717) is 12.5 Å². The van der Waals surface area contributed by atoms with Crippen LogP contribution in [0, 0.1) is 16.7 Å². The third-order valence-corrected chi connectivity index (χ3v) is 9.08. The molecule has 1 aromatic rings. The van der Waals surface area contributed by atoms with Crippen molar-refractivity contribution in [2.75, 3.05) is 27.6 Å². The van der Waals surface area contributed by atoms with Crippen LogP contribution in [0.4, 0.5) is 0 Å². The number of fused-ring (bicyclic) bond motifs is 3. The van der Waals surface area contributed by atoms with Crippen molar-refractivity contribution in [1.82, 2.24) is 0 Å². The van der Waals surface area contributed by atoms with Gasteiger partial charge in [0.25, 0.3) is 0 Å². The van der Waals surface area contributed by atoms with Crippen molar-refractivity contribution >= 4 is 0 Å². The number of hydrogen-bond acceptors (Lipinski definition) is 6. The van der Waals surface area contributed by atoms with Crippen LogP contribution in [0.3, 0.4) is 0 Å². The summed E-state index contributed by atoms with van der Waals surface area (Å²) in [6.07, 6.45) is 10.6. The largest absolute Gasteiger partial charge is 0.497 e. The fraction of sp³-hybridized carbons (Fsp3) is 0.630. The summed E-state index contributed by atoms with van der Waals surface area (Å²) in [5.74, 6) is 2.00. The summed E-state index contributed by atoms with van der Waals surface area (Å²) in [6, 6.07) is 7.54. The van der Waals surface area contributed by atoms with Crippen LogP contribution in [-0.4, -0.2) is 50.0 Å². The van der Waals surface area contributed by atoms with Gasteiger partial charge >= 0.3 is 0 Å². The van der Waals surface area contributed by atoms with Gasteiger partial charge in [-0.05, 0) is 85.4 Å². The van der Waals surface area contributed by atoms with Crippen molar-refractivity contribution in [3.05, 3.63) is 48.3 Å². The molecule has 3 aliphatic carbocycles. The zero-order chi connectivity index (χ0) is 23.3. The summed E-state index contributed by atoms with van der Waals surface area (Å²) in [6.45, 7) is 5.33. The Morgan fingerprint density at radius 2 is 1.88 bits per heavy atom. The molecule has 33 heavy (non-hydrogen) atoms. The second-order valence-electron chi connectivity index (χ2n) is 10.6. The molecule has 1 aromatic carbocycles. The minimum atomic E-state index is -0.927. The lowest BCUT2D eigenvalue weighted by Crippen LogP contribution is -2.62. The van der Waals surface area contributed by atoms with E-state index in [1.54, 1.807) is 20.5 Å². The van der Waals surface area contributed by atoms with Gasteiger partial charge in [0.15, 0.2) is 0 Å². The standard InChI is InChI=1S/C27H36O6/c1-24(2)19-11-12-26(24,13-14-31-22-8-6-21(30-4)7-9-22)27(28,16-19)20-5-10-23-25(15-20,17-32-23)33-18-29-3/h6-9,13-15,19,23,28H,5,10-12,16-18H2,1-4H3/b14-13+/t19-,23-,25+,26-,27-/m1/s1. The van der Waals surface area contributed by atoms with Crippen molar-refractivity contribution in [2.24, 2.45) is 16.7 Å². The van der Waals surface area contributed by atoms with Gasteiger partial charge in [-0.1, -0.05) is 13.8 Å². The highest BCUT2D eigenvalue weighted by molar-refractivity contribution is 5.40. The Bertz CT molecular complexity index is 936. The van der Waals surface area contributed by atoms with Crippen molar-refractivity contribution < 1.29 is 28.8 Å². The van der Waals surface area contributed by atoms with Gasteiger partial charge in [0.05, 0.1) is 31.7 Å². The molecule has 0 amide bonds. The molecular formula is C27H36O6. The summed E-state index contributed by atoms with van der Waals surface area (Å²) in [5, 5.41) is 12.4. The van der Waals surface area contributed by atoms with Gasteiger partial charge < -0.3 is 28.8 Å². The minimum absolute atomic E-state index is 0.0384. The van der Waals surface area contributed by atoms with E-state index in [1.807, 2.05) is 24.3 Å². The Morgan fingerprint density at radius 1 is 1.12 bits per heavy atom. The van der Waals surface area contributed by atoms with Crippen LogP contribution in [0.1, 0.15) is 46.0 Å². The Kier molecular flexibility index (Phi) is 5.64. The molecule has 1 N–H and O–H groups in total. The van der Waals surface area contributed by atoms with Gasteiger partial charge in [0.2, 0.25) is 0 Å². The van der Waals surface area contributed by atoms with Crippen LogP contribution >= 0.6 is 0 Å². The third-order valence-electron chi connectivity index (χ3n) is 9.08. The molecule has 0 aromatic heterocycles. The lowest BCUT2D eigenvalue weighted by molar-refractivity contribution is -0.266. The molecular weight excluding hydrogens is 420 g/mol. The second-order valence-corrected chi connectivity index (χ2v) is 10.6. The highest BCUT2D eigenvalue weighted by Gasteiger charge is 2.71. The van der Waals surface area contributed by atoms with Crippen molar-refractivity contribution in [2.45, 2.75) is 63.3 Å². The first-order chi connectivity index (χ1) is 15.8. The molecule has 5 atom stereocenters. The highest BCUT2D eigenvalue weighted by atomic mass is 16.7. The van der Waals surface area contributed by atoms with Gasteiger partial charge in [0, 0.05) is 12.5 Å². The molecule has 0 spiro atoms. The first-order valence-electron chi connectivity index (χ1n) is 12.0. The summed E-state index contributed by atoms with van der Waals surface area (Å²) in [4.78, 5) is 0. The van der Waals surface area contributed by atoms with Crippen LogP contribution in [0.2, 0.25) is 0 Å². The second kappa shape index (κ2) is 8.12. The fourth-order valence-electron chi connectivity index (χ4n) is 6.97. The van der Waals surface area contributed by atoms with E-state index in [1.165, 1.54) is 0 Å². The smallest absolute Gasteiger partial charge is 0.147 e. The number of ether oxygens (including phenoxy) is 5. The average Bonchev–Trinajstić information content (AvgIpc) is 3.14. The normalized spacial score (nSPS) is 38.6. The van der Waals surface area contributed by atoms with E-state index >= 15 is 0 Å². The van der Waals surface area contributed by atoms with Crippen LogP contribution in [-0.2, 0) is 14.2 Å². The van der Waals surface area contributed by atoms with Crippen molar-refractivity contribution in [3.63, 3.8) is 0 Å². The molecule has 6 nitrogen and oxygen atoms in total. The molecule has 6 heteroatoms. The van der Waals surface area contributed by atoms with E-state index in [9.17, 15) is 5.11 Å². The lowest BCUT2D eigenvalue weighted by atomic mass is 9.59. The molecule has 180 valence electrons. The number of rotatable bonds is 8. The van der Waals surface area contributed by atoms with Gasteiger partial charge in [0.1, 0.15) is 23.9 Å². The fourth-order valence-corrected chi connectivity index (χ4v) is 6.97. The van der Waals surface area contributed by atoms with E-state index < -0.39 is 16.6 Å². The third kappa shape index (κ3) is 3.29. The quantitative estimate of drug-likeness (QED) is 0.350. The summed E-state index contributed by atoms with van der Waals surface area (Å²) in [5.41, 5.74) is -0.778. The Balaban J connectivity index is 1.45. The number of aliphatic hydroxyl groups is 1. The predicted octanol–water partition coefficient (Wildman–Crippen LogP) is 4.62. The van der Waals surface area contributed by atoms with E-state index in [0.717, 1.165) is 49.2 Å². The first-order valence-corrected chi connectivity index (χ1v) is 12.0. The Hall–Kier alpha value is -1.86. The molecule has 1 saturated heterocycles. The molecule has 0 radical (unpaired) electrons. The highest BCUT2D eigenvalue weighted by Crippen LogP contribution is 2.72. The molecule has 3 fully saturated rings. The molecule has 2 bridgehead atoms. The molecule has 1 aliphatic heterocycles. The zero-order valence-electron chi connectivity index (χ0n) is 20.1. The average molecular weight is 457 g/mol. The van der Waals surface area contributed by atoms with Crippen LogP contribution in [0.15, 0.2) is 48.3 Å². The van der Waals surface area contributed by atoms with Crippen molar-refractivity contribution in [3.8, 4) is 11.5 Å². The van der Waals surface area contributed by atoms with Gasteiger partial charge in [-0.25, -0.2) is 0 Å². The molecule has 1 heterocycles. The summed E-state index contributed by atoms with van der Waals surface area (Å²) >= 11 is 0. The van der Waals surface area contributed by atoms with Crippen LogP contribution < -0.4 is 9.47 Å². The SMILES string of the molecule is COCO[C@]12C=C([C@]3(O)C[C@H]4CC[C@@]3(/C=C/Oc3ccc(OC)cc3)C4(C)C)CC[C@H]1OC2. The number of methoxy groups -OCH3 is 2. The number of benzene rings is 1. The van der Waals surface area contributed by atoms with Gasteiger partial charge in [-0.2, -0.15) is 0 Å². The van der Waals surface area contributed by atoms with Crippen LogP contribution in [0.5, 0.6) is 11.5 Å². The zero-order valence-corrected chi connectivity index (χ0v) is 20.1. The number of hydrogen-bond donors (Lipinski definition) is 1.